The summed E-state index contributed by atoms with van der Waals surface area (Å²) in [5, 5.41) is 3.06. The van der Waals surface area contributed by atoms with Gasteiger partial charge >= 0.3 is 5.97 Å². The molecule has 1 atom stereocenters. The largest absolute Gasteiger partial charge is 0.500 e. The molecule has 0 bridgehead atoms. The van der Waals surface area contributed by atoms with E-state index >= 15 is 0 Å². The van der Waals surface area contributed by atoms with Gasteiger partial charge < -0.3 is 14.8 Å². The van der Waals surface area contributed by atoms with Crippen molar-refractivity contribution in [3.05, 3.63) is 12.8 Å². The molecule has 1 unspecified atom stereocenters. The molecule has 0 aromatic rings. The molecule has 0 aliphatic heterocycles. The lowest BCUT2D eigenvalue weighted by atomic mass is 10.2. The van der Waals surface area contributed by atoms with Crippen LogP contribution in [0.1, 0.15) is 6.92 Å². The smallest absolute Gasteiger partial charge is 0.309 e. The van der Waals surface area contributed by atoms with E-state index < -0.39 is 0 Å². The Kier molecular flexibility index (Phi) is 7.01. The highest BCUT2D eigenvalue weighted by atomic mass is 16.5. The molecule has 0 radical (unpaired) electrons. The lowest BCUT2D eigenvalue weighted by molar-refractivity contribution is -0.144. The van der Waals surface area contributed by atoms with E-state index in [0.29, 0.717) is 19.7 Å². The van der Waals surface area contributed by atoms with Gasteiger partial charge in [-0.15, -0.1) is 0 Å². The maximum absolute atomic E-state index is 10.9. The van der Waals surface area contributed by atoms with Crippen LogP contribution in [0, 0.1) is 5.92 Å². The average molecular weight is 187 g/mol. The van der Waals surface area contributed by atoms with Gasteiger partial charge in [-0.1, -0.05) is 13.5 Å². The average Bonchev–Trinajstić information content (AvgIpc) is 2.16. The van der Waals surface area contributed by atoms with Crippen LogP contribution in [-0.2, 0) is 14.3 Å². The normalized spacial score (nSPS) is 11.8. The second-order valence-corrected chi connectivity index (χ2v) is 2.67. The molecule has 0 heterocycles. The second kappa shape index (κ2) is 7.61. The topological polar surface area (TPSA) is 47.6 Å². The summed E-state index contributed by atoms with van der Waals surface area (Å²) in [6, 6.07) is 0. The number of rotatable bonds is 7. The van der Waals surface area contributed by atoms with Crippen LogP contribution in [0.2, 0.25) is 0 Å². The lowest BCUT2D eigenvalue weighted by Gasteiger charge is -2.09. The Morgan fingerprint density at radius 2 is 2.38 bits per heavy atom. The third kappa shape index (κ3) is 6.16. The summed E-state index contributed by atoms with van der Waals surface area (Å²) in [5.41, 5.74) is 0. The number of esters is 1. The summed E-state index contributed by atoms with van der Waals surface area (Å²) in [6.07, 6.45) is 1.39. The van der Waals surface area contributed by atoms with E-state index in [9.17, 15) is 4.79 Å². The standard InChI is InChI=1S/C9H17NO3/c1-4-13-6-5-10-7-8(2)9(11)12-3/h4,8,10H,1,5-7H2,2-3H3. The molecule has 0 spiro atoms. The van der Waals surface area contributed by atoms with E-state index in [0.717, 1.165) is 0 Å². The molecule has 0 fully saturated rings. The van der Waals surface area contributed by atoms with Crippen LogP contribution in [0.5, 0.6) is 0 Å². The van der Waals surface area contributed by atoms with Crippen LogP contribution in [0.3, 0.4) is 0 Å². The van der Waals surface area contributed by atoms with Gasteiger partial charge in [-0.05, 0) is 0 Å². The highest BCUT2D eigenvalue weighted by molar-refractivity contribution is 5.71. The highest BCUT2D eigenvalue weighted by Gasteiger charge is 2.11. The van der Waals surface area contributed by atoms with Crippen molar-refractivity contribution < 1.29 is 14.3 Å². The van der Waals surface area contributed by atoms with Crippen molar-refractivity contribution in [2.75, 3.05) is 26.8 Å². The molecular weight excluding hydrogens is 170 g/mol. The van der Waals surface area contributed by atoms with Gasteiger partial charge in [0.05, 0.1) is 25.9 Å². The van der Waals surface area contributed by atoms with Gasteiger partial charge in [0.15, 0.2) is 0 Å². The molecule has 0 saturated carbocycles. The molecule has 0 saturated heterocycles. The van der Waals surface area contributed by atoms with Gasteiger partial charge in [0.1, 0.15) is 0 Å². The number of carbonyl (C=O) groups is 1. The first-order valence-electron chi connectivity index (χ1n) is 4.23. The Labute approximate surface area is 78.9 Å². The Hall–Kier alpha value is -1.03. The van der Waals surface area contributed by atoms with Gasteiger partial charge in [0.2, 0.25) is 0 Å². The van der Waals surface area contributed by atoms with Crippen molar-refractivity contribution in [3.8, 4) is 0 Å². The summed E-state index contributed by atoms with van der Waals surface area (Å²) in [7, 11) is 1.39. The summed E-state index contributed by atoms with van der Waals surface area (Å²) in [6.45, 7) is 7.10. The van der Waals surface area contributed by atoms with Crippen molar-refractivity contribution in [1.29, 1.82) is 0 Å². The molecule has 0 amide bonds. The summed E-state index contributed by atoms with van der Waals surface area (Å²) < 4.78 is 9.45. The Bertz CT molecular complexity index is 159. The van der Waals surface area contributed by atoms with E-state index in [1.54, 1.807) is 0 Å². The fourth-order valence-electron chi connectivity index (χ4n) is 0.818. The number of methoxy groups -OCH3 is 1. The Morgan fingerprint density at radius 3 is 2.92 bits per heavy atom. The number of carbonyl (C=O) groups excluding carboxylic acids is 1. The van der Waals surface area contributed by atoms with Crippen LogP contribution in [-0.4, -0.2) is 32.8 Å². The summed E-state index contributed by atoms with van der Waals surface area (Å²) in [4.78, 5) is 10.9. The van der Waals surface area contributed by atoms with E-state index in [-0.39, 0.29) is 11.9 Å². The van der Waals surface area contributed by atoms with Crippen molar-refractivity contribution in [2.45, 2.75) is 6.92 Å². The number of ether oxygens (including phenoxy) is 2. The molecule has 0 aliphatic carbocycles. The van der Waals surface area contributed by atoms with Gasteiger partial charge in [0.25, 0.3) is 0 Å². The molecule has 0 rings (SSSR count). The van der Waals surface area contributed by atoms with Crippen LogP contribution in [0.15, 0.2) is 12.8 Å². The van der Waals surface area contributed by atoms with Gasteiger partial charge in [-0.2, -0.15) is 0 Å². The van der Waals surface area contributed by atoms with Crippen LogP contribution >= 0.6 is 0 Å². The number of hydrogen-bond donors (Lipinski definition) is 1. The maximum atomic E-state index is 10.9. The van der Waals surface area contributed by atoms with Crippen molar-refractivity contribution in [2.24, 2.45) is 5.92 Å². The van der Waals surface area contributed by atoms with E-state index in [1.165, 1.54) is 13.4 Å². The zero-order valence-corrected chi connectivity index (χ0v) is 8.21. The van der Waals surface area contributed by atoms with Gasteiger partial charge in [0, 0.05) is 13.1 Å². The minimum atomic E-state index is -0.197. The van der Waals surface area contributed by atoms with Crippen LogP contribution in [0.25, 0.3) is 0 Å². The summed E-state index contributed by atoms with van der Waals surface area (Å²) in [5.74, 6) is -0.314. The molecule has 76 valence electrons. The quantitative estimate of drug-likeness (QED) is 0.359. The molecule has 4 heteroatoms. The minimum Gasteiger partial charge on any atom is -0.500 e. The molecule has 4 nitrogen and oxygen atoms in total. The van der Waals surface area contributed by atoms with Gasteiger partial charge in [-0.25, -0.2) is 0 Å². The third-order valence-electron chi connectivity index (χ3n) is 1.57. The number of nitrogens with one attached hydrogen (secondary N) is 1. The lowest BCUT2D eigenvalue weighted by Crippen LogP contribution is -2.29. The van der Waals surface area contributed by atoms with Crippen LogP contribution in [0.4, 0.5) is 0 Å². The first-order chi connectivity index (χ1) is 6.22. The van der Waals surface area contributed by atoms with E-state index in [1.807, 2.05) is 6.92 Å². The monoisotopic (exact) mass is 187 g/mol. The molecular formula is C9H17NO3. The maximum Gasteiger partial charge on any atom is 0.309 e. The fraction of sp³-hybridized carbons (Fsp3) is 0.667. The van der Waals surface area contributed by atoms with Crippen molar-refractivity contribution in [3.63, 3.8) is 0 Å². The Balaban J connectivity index is 3.31. The molecule has 1 N–H and O–H groups in total. The highest BCUT2D eigenvalue weighted by Crippen LogP contribution is 1.94. The predicted molar refractivity (Wildman–Crippen MR) is 50.2 cm³/mol. The number of hydrogen-bond acceptors (Lipinski definition) is 4. The Morgan fingerprint density at radius 1 is 1.69 bits per heavy atom. The summed E-state index contributed by atoms with van der Waals surface area (Å²) >= 11 is 0. The SMILES string of the molecule is C=COCCNCC(C)C(=O)OC. The predicted octanol–water partition coefficient (Wildman–Crippen LogP) is 0.545. The first kappa shape index (κ1) is 12.0. The van der Waals surface area contributed by atoms with Crippen molar-refractivity contribution in [1.82, 2.24) is 5.32 Å². The third-order valence-corrected chi connectivity index (χ3v) is 1.57. The van der Waals surface area contributed by atoms with E-state index in [2.05, 4.69) is 16.6 Å². The zero-order chi connectivity index (χ0) is 10.1. The van der Waals surface area contributed by atoms with Gasteiger partial charge in [-0.3, -0.25) is 4.79 Å². The van der Waals surface area contributed by atoms with Crippen molar-refractivity contribution >= 4 is 5.97 Å². The van der Waals surface area contributed by atoms with E-state index in [4.69, 9.17) is 4.74 Å². The first-order valence-corrected chi connectivity index (χ1v) is 4.23. The fourth-order valence-corrected chi connectivity index (χ4v) is 0.818. The minimum absolute atomic E-state index is 0.117. The second-order valence-electron chi connectivity index (χ2n) is 2.67. The molecule has 0 aromatic carbocycles. The zero-order valence-electron chi connectivity index (χ0n) is 8.21. The molecule has 0 aromatic heterocycles. The molecule has 13 heavy (non-hydrogen) atoms. The molecule has 0 aliphatic rings. The van der Waals surface area contributed by atoms with Crippen LogP contribution < -0.4 is 5.32 Å².